The number of hydrogen-bond donors (Lipinski definition) is 5. The summed E-state index contributed by atoms with van der Waals surface area (Å²) in [6.07, 6.45) is 10.3. The summed E-state index contributed by atoms with van der Waals surface area (Å²) in [5.74, 6) is -3.12. The van der Waals surface area contributed by atoms with Gasteiger partial charge in [-0.3, -0.25) is 34.1 Å². The van der Waals surface area contributed by atoms with Gasteiger partial charge >= 0.3 is 10.2 Å². The molecule has 3 aliphatic rings. The molecule has 0 aliphatic carbocycles. The molecule has 3 aliphatic heterocycles. The number of amides is 3. The minimum atomic E-state index is -4.15. The summed E-state index contributed by atoms with van der Waals surface area (Å²) in [6, 6.07) is 11.1. The second-order valence-electron chi connectivity index (χ2n) is 16.4. The third-order valence-electron chi connectivity index (χ3n) is 12.2. The number of pyridine rings is 1. The van der Waals surface area contributed by atoms with Crippen LogP contribution >= 0.6 is 0 Å². The molecule has 0 radical (unpaired) electrons. The molecule has 3 saturated heterocycles. The lowest BCUT2D eigenvalue weighted by molar-refractivity contribution is -0.133. The number of carbonyl (C=O) groups is 4. The molecule has 8 rings (SSSR count). The minimum absolute atomic E-state index is 0.00549. The molecule has 5 aromatic rings. The van der Waals surface area contributed by atoms with Crippen molar-refractivity contribution in [3.05, 3.63) is 95.6 Å². The van der Waals surface area contributed by atoms with Gasteiger partial charge in [0.15, 0.2) is 5.82 Å². The van der Waals surface area contributed by atoms with E-state index in [4.69, 9.17) is 0 Å². The zero-order valence-electron chi connectivity index (χ0n) is 35.4. The molecular weight excluding hydrogens is 849 g/mol. The number of H-pyrrole nitrogens is 1. The molecule has 3 aromatic heterocycles. The maximum Gasteiger partial charge on any atom is 0.301 e. The topological polar surface area (TPSA) is 215 Å². The van der Waals surface area contributed by atoms with E-state index in [1.54, 1.807) is 31.6 Å². The summed E-state index contributed by atoms with van der Waals surface area (Å²) in [5.41, 5.74) is 1.97. The highest BCUT2D eigenvalue weighted by Crippen LogP contribution is 2.31. The molecule has 0 spiro atoms. The largest absolute Gasteiger partial charge is 0.374 e. The van der Waals surface area contributed by atoms with Crippen LogP contribution < -0.4 is 25.6 Å². The number of piperidine rings is 3. The first-order valence-electron chi connectivity index (χ1n) is 21.3. The van der Waals surface area contributed by atoms with Gasteiger partial charge in [0.1, 0.15) is 17.5 Å². The van der Waals surface area contributed by atoms with Crippen LogP contribution in [0.4, 0.5) is 26.1 Å². The van der Waals surface area contributed by atoms with Gasteiger partial charge in [-0.05, 0) is 87.0 Å². The SMILES string of the molecule is CCN(C)S(=O)(=O)Nc1ccc(F)c(C(=O)c2c[nH]c3ncc(-c4cnc(N5CCC(NC(=O)CN6CCC(c7ccc(NC8CCC(=O)NC8=O)cc7)CC6)CC5)nc4)cc23)c1F. The van der Waals surface area contributed by atoms with Crippen molar-refractivity contribution in [3.63, 3.8) is 0 Å². The van der Waals surface area contributed by atoms with E-state index in [1.165, 1.54) is 18.8 Å². The Kier molecular flexibility index (Phi) is 13.0. The van der Waals surface area contributed by atoms with Gasteiger partial charge < -0.3 is 20.5 Å². The van der Waals surface area contributed by atoms with E-state index >= 15 is 8.78 Å². The number of anilines is 3. The fraction of sp³-hybridized carbons (Fsp3) is 0.386. The van der Waals surface area contributed by atoms with Crippen LogP contribution in [0, 0.1) is 11.6 Å². The van der Waals surface area contributed by atoms with Gasteiger partial charge in [0, 0.05) is 91.7 Å². The quantitative estimate of drug-likeness (QED) is 0.0779. The lowest BCUT2D eigenvalue weighted by Crippen LogP contribution is -2.48. The predicted octanol–water partition coefficient (Wildman–Crippen LogP) is 4.32. The van der Waals surface area contributed by atoms with Crippen LogP contribution in [-0.4, -0.2) is 119 Å². The standard InChI is InChI=1S/C44H49F2N11O6S/c1-3-55(2)64(62,63)54-35-9-8-34(45)39(40(35)46)41(60)33-24-48-42-32(33)20-28(21-47-42)29-22-49-44(50-23-29)57-18-14-31(15-19-57)52-38(59)25-56-16-12-27(13-17-56)26-4-6-30(7-5-26)51-36-10-11-37(58)53-43(36)61/h4-9,20-24,27,31,36,51,54H,3,10-19,25H2,1-2H3,(H,47,48)(H,52,59)(H,53,58,61). The van der Waals surface area contributed by atoms with Crippen molar-refractivity contribution in [3.8, 4) is 11.1 Å². The third-order valence-corrected chi connectivity index (χ3v) is 13.8. The highest BCUT2D eigenvalue weighted by atomic mass is 32.2. The number of benzene rings is 2. The Bertz CT molecular complexity index is 2670. The second kappa shape index (κ2) is 18.8. The number of nitrogens with one attached hydrogen (secondary N) is 5. The zero-order chi connectivity index (χ0) is 45.1. The molecule has 1 atom stereocenters. The summed E-state index contributed by atoms with van der Waals surface area (Å²) in [7, 11) is -2.86. The van der Waals surface area contributed by atoms with Gasteiger partial charge in [-0.2, -0.15) is 12.7 Å². The van der Waals surface area contributed by atoms with Crippen LogP contribution in [0.3, 0.4) is 0 Å². The minimum Gasteiger partial charge on any atom is -0.374 e. The summed E-state index contributed by atoms with van der Waals surface area (Å²) in [4.78, 5) is 71.0. The Morgan fingerprint density at radius 3 is 2.30 bits per heavy atom. The lowest BCUT2D eigenvalue weighted by atomic mass is 9.89. The van der Waals surface area contributed by atoms with Crippen molar-refractivity contribution in [1.29, 1.82) is 0 Å². The van der Waals surface area contributed by atoms with Gasteiger partial charge in [0.2, 0.25) is 29.5 Å². The van der Waals surface area contributed by atoms with Crippen LogP contribution in [0.2, 0.25) is 0 Å². The van der Waals surface area contributed by atoms with Crippen molar-refractivity contribution < 1.29 is 36.4 Å². The monoisotopic (exact) mass is 897 g/mol. The molecule has 336 valence electrons. The molecular formula is C44H49F2N11O6S. The predicted molar refractivity (Wildman–Crippen MR) is 236 cm³/mol. The van der Waals surface area contributed by atoms with Crippen molar-refractivity contribution in [1.82, 2.24) is 39.8 Å². The Morgan fingerprint density at radius 1 is 0.906 bits per heavy atom. The number of aromatic nitrogens is 4. The van der Waals surface area contributed by atoms with Crippen molar-refractivity contribution in [2.24, 2.45) is 0 Å². The summed E-state index contributed by atoms with van der Waals surface area (Å²) >= 11 is 0. The molecule has 0 saturated carbocycles. The van der Waals surface area contributed by atoms with E-state index in [2.05, 4.69) is 62.5 Å². The summed E-state index contributed by atoms with van der Waals surface area (Å²) in [6.45, 7) is 4.95. The number of hydrogen-bond acceptors (Lipinski definition) is 12. The van der Waals surface area contributed by atoms with Gasteiger partial charge in [-0.25, -0.2) is 23.7 Å². The van der Waals surface area contributed by atoms with Gasteiger partial charge in [0.25, 0.3) is 0 Å². The molecule has 0 bridgehead atoms. The molecule has 3 fully saturated rings. The number of fused-ring (bicyclic) bond motifs is 1. The van der Waals surface area contributed by atoms with Crippen LogP contribution in [0.25, 0.3) is 22.2 Å². The maximum absolute atomic E-state index is 15.6. The number of carbonyl (C=O) groups excluding carboxylic acids is 4. The highest BCUT2D eigenvalue weighted by molar-refractivity contribution is 7.90. The third kappa shape index (κ3) is 9.73. The van der Waals surface area contributed by atoms with E-state index in [9.17, 15) is 27.6 Å². The molecule has 64 heavy (non-hydrogen) atoms. The maximum atomic E-state index is 15.6. The zero-order valence-corrected chi connectivity index (χ0v) is 36.2. The summed E-state index contributed by atoms with van der Waals surface area (Å²) in [5, 5.41) is 9.09. The van der Waals surface area contributed by atoms with Crippen molar-refractivity contribution in [2.75, 3.05) is 61.3 Å². The number of aromatic amines is 1. The van der Waals surface area contributed by atoms with Crippen molar-refractivity contribution >= 4 is 62.1 Å². The number of imide groups is 1. The van der Waals surface area contributed by atoms with E-state index in [0.717, 1.165) is 60.9 Å². The molecule has 2 aromatic carbocycles. The van der Waals surface area contributed by atoms with E-state index in [-0.39, 0.29) is 35.9 Å². The Hall–Kier alpha value is -6.38. The molecule has 3 amide bonds. The van der Waals surface area contributed by atoms with E-state index in [1.807, 2.05) is 12.1 Å². The van der Waals surface area contributed by atoms with Crippen LogP contribution in [-0.2, 0) is 24.6 Å². The smallest absolute Gasteiger partial charge is 0.301 e. The average Bonchev–Trinajstić information content (AvgIpc) is 3.72. The Labute approximate surface area is 368 Å². The Morgan fingerprint density at radius 2 is 1.61 bits per heavy atom. The normalized spacial score (nSPS) is 18.0. The lowest BCUT2D eigenvalue weighted by Gasteiger charge is -2.34. The molecule has 20 heteroatoms. The molecule has 5 N–H and O–H groups in total. The number of nitrogens with zero attached hydrogens (tertiary/aromatic N) is 6. The number of rotatable bonds is 14. The van der Waals surface area contributed by atoms with E-state index < -0.39 is 44.9 Å². The fourth-order valence-electron chi connectivity index (χ4n) is 8.35. The summed E-state index contributed by atoms with van der Waals surface area (Å²) < 4.78 is 58.7. The van der Waals surface area contributed by atoms with Gasteiger partial charge in [-0.1, -0.05) is 19.1 Å². The van der Waals surface area contributed by atoms with Crippen LogP contribution in [0.1, 0.15) is 72.9 Å². The number of ketones is 1. The number of likely N-dealkylation sites (tertiary alicyclic amines) is 1. The molecule has 1 unspecified atom stereocenters. The average molecular weight is 898 g/mol. The Balaban J connectivity index is 0.813. The fourth-order valence-corrected chi connectivity index (χ4v) is 9.28. The molecule has 6 heterocycles. The number of halogens is 2. The first-order valence-corrected chi connectivity index (χ1v) is 22.7. The van der Waals surface area contributed by atoms with E-state index in [0.29, 0.717) is 66.5 Å². The van der Waals surface area contributed by atoms with Gasteiger partial charge in [-0.15, -0.1) is 0 Å². The van der Waals surface area contributed by atoms with Crippen LogP contribution in [0.5, 0.6) is 0 Å². The first-order chi connectivity index (χ1) is 30.8. The first kappa shape index (κ1) is 44.2. The molecule has 17 nitrogen and oxygen atoms in total. The highest BCUT2D eigenvalue weighted by Gasteiger charge is 2.30. The second-order valence-corrected chi connectivity index (χ2v) is 18.2. The van der Waals surface area contributed by atoms with Gasteiger partial charge in [0.05, 0.1) is 17.8 Å². The van der Waals surface area contributed by atoms with Crippen LogP contribution in [0.15, 0.2) is 67.3 Å². The van der Waals surface area contributed by atoms with Crippen molar-refractivity contribution in [2.45, 2.75) is 63.5 Å².